The van der Waals surface area contributed by atoms with Crippen LogP contribution in [-0.2, 0) is 14.3 Å². The second-order valence-electron chi connectivity index (χ2n) is 4.99. The summed E-state index contributed by atoms with van der Waals surface area (Å²) in [6.45, 7) is 4.44. The van der Waals surface area contributed by atoms with Gasteiger partial charge in [0.15, 0.2) is 0 Å². The van der Waals surface area contributed by atoms with E-state index in [2.05, 4.69) is 4.37 Å². The van der Waals surface area contributed by atoms with E-state index in [-0.39, 0.29) is 23.6 Å². The molecule has 1 saturated carbocycles. The second kappa shape index (κ2) is 6.83. The minimum atomic E-state index is -0.243. The normalized spacial score (nSPS) is 22.6. The van der Waals surface area contributed by atoms with E-state index in [1.165, 1.54) is 11.5 Å². The third-order valence-corrected chi connectivity index (χ3v) is 4.11. The van der Waals surface area contributed by atoms with Gasteiger partial charge >= 0.3 is 5.97 Å². The molecule has 0 aromatic carbocycles. The molecule has 1 aromatic rings. The Labute approximate surface area is 122 Å². The zero-order valence-electron chi connectivity index (χ0n) is 11.8. The van der Waals surface area contributed by atoms with Crippen LogP contribution in [0.4, 0.5) is 0 Å². The van der Waals surface area contributed by atoms with Gasteiger partial charge in [0.05, 0.1) is 19.1 Å². The van der Waals surface area contributed by atoms with Crippen LogP contribution in [0.3, 0.4) is 0 Å². The van der Waals surface area contributed by atoms with Crippen molar-refractivity contribution >= 4 is 23.3 Å². The molecular formula is C14H19NO4S. The smallest absolute Gasteiger partial charge is 0.309 e. The fraction of sp³-hybridized carbons (Fsp3) is 0.643. The third-order valence-electron chi connectivity index (χ3n) is 3.43. The minimum Gasteiger partial charge on any atom is -0.477 e. The van der Waals surface area contributed by atoms with Gasteiger partial charge in [0.2, 0.25) is 5.88 Å². The maximum atomic E-state index is 11.9. The van der Waals surface area contributed by atoms with Crippen molar-refractivity contribution in [2.45, 2.75) is 33.1 Å². The van der Waals surface area contributed by atoms with E-state index < -0.39 is 0 Å². The van der Waals surface area contributed by atoms with Crippen LogP contribution in [0.5, 0.6) is 5.88 Å². The van der Waals surface area contributed by atoms with Gasteiger partial charge in [0.25, 0.3) is 0 Å². The van der Waals surface area contributed by atoms with Crippen LogP contribution in [0.15, 0.2) is 6.07 Å². The molecule has 1 aliphatic carbocycles. The first kappa shape index (κ1) is 15.0. The predicted octanol–water partition coefficient (Wildman–Crippen LogP) is 2.38. The summed E-state index contributed by atoms with van der Waals surface area (Å²) in [6.07, 6.45) is 1.39. The summed E-state index contributed by atoms with van der Waals surface area (Å²) in [5.41, 5.74) is 0. The van der Waals surface area contributed by atoms with E-state index in [1.54, 1.807) is 6.92 Å². The largest absolute Gasteiger partial charge is 0.477 e. The number of carbonyl (C=O) groups is 2. The summed E-state index contributed by atoms with van der Waals surface area (Å²) in [6, 6.07) is 1.86. The van der Waals surface area contributed by atoms with Gasteiger partial charge in [-0.3, -0.25) is 9.59 Å². The number of carbonyl (C=O) groups excluding carboxylic acids is 2. The first-order valence-corrected chi connectivity index (χ1v) is 7.62. The number of aromatic nitrogens is 1. The van der Waals surface area contributed by atoms with Crippen LogP contribution >= 0.6 is 11.5 Å². The molecule has 20 heavy (non-hydrogen) atoms. The molecule has 1 heterocycles. The molecule has 2 atom stereocenters. The number of hydrogen-bond donors (Lipinski definition) is 0. The van der Waals surface area contributed by atoms with E-state index in [0.717, 1.165) is 4.88 Å². The Hall–Kier alpha value is -1.43. The van der Waals surface area contributed by atoms with Crippen molar-refractivity contribution in [2.24, 2.45) is 11.8 Å². The van der Waals surface area contributed by atoms with Crippen LogP contribution in [0.1, 0.15) is 31.1 Å². The molecule has 0 amide bonds. The van der Waals surface area contributed by atoms with Gasteiger partial charge in [-0.1, -0.05) is 0 Å². The molecule has 1 aromatic heterocycles. The van der Waals surface area contributed by atoms with E-state index in [0.29, 0.717) is 38.4 Å². The topological polar surface area (TPSA) is 65.5 Å². The predicted molar refractivity (Wildman–Crippen MR) is 74.8 cm³/mol. The summed E-state index contributed by atoms with van der Waals surface area (Å²) in [5.74, 6) is 0.175. The van der Waals surface area contributed by atoms with E-state index in [4.69, 9.17) is 9.47 Å². The zero-order valence-corrected chi connectivity index (χ0v) is 12.6. The number of hydrogen-bond acceptors (Lipinski definition) is 6. The van der Waals surface area contributed by atoms with Gasteiger partial charge in [-0.2, -0.15) is 4.37 Å². The maximum Gasteiger partial charge on any atom is 0.309 e. The minimum absolute atomic E-state index is 0.114. The SMILES string of the molecule is CCOC(=O)C1CCC(=O)CC1COc1cc(C)sn1. The number of rotatable bonds is 5. The fourth-order valence-electron chi connectivity index (χ4n) is 2.43. The number of ether oxygens (including phenoxy) is 2. The van der Waals surface area contributed by atoms with E-state index in [1.807, 2.05) is 13.0 Å². The van der Waals surface area contributed by atoms with Crippen LogP contribution in [-0.4, -0.2) is 29.3 Å². The number of nitrogens with zero attached hydrogens (tertiary/aromatic N) is 1. The Bertz CT molecular complexity index is 485. The van der Waals surface area contributed by atoms with Crippen molar-refractivity contribution in [3.05, 3.63) is 10.9 Å². The lowest BCUT2D eigenvalue weighted by atomic mass is 9.79. The van der Waals surface area contributed by atoms with Gasteiger partial charge < -0.3 is 9.47 Å². The van der Waals surface area contributed by atoms with Crippen molar-refractivity contribution in [1.29, 1.82) is 0 Å². The average molecular weight is 297 g/mol. The van der Waals surface area contributed by atoms with Crippen molar-refractivity contribution in [1.82, 2.24) is 4.37 Å². The summed E-state index contributed by atoms with van der Waals surface area (Å²) >= 11 is 1.37. The molecule has 6 heteroatoms. The highest BCUT2D eigenvalue weighted by Gasteiger charge is 2.35. The molecule has 0 radical (unpaired) electrons. The molecular weight excluding hydrogens is 278 g/mol. The lowest BCUT2D eigenvalue weighted by Gasteiger charge is -2.28. The second-order valence-corrected chi connectivity index (χ2v) is 6.00. The van der Waals surface area contributed by atoms with Crippen LogP contribution in [0, 0.1) is 18.8 Å². The number of esters is 1. The van der Waals surface area contributed by atoms with E-state index >= 15 is 0 Å². The molecule has 0 aliphatic heterocycles. The van der Waals surface area contributed by atoms with Crippen molar-refractivity contribution in [3.8, 4) is 5.88 Å². The number of Topliss-reactive ketones (excluding diaryl/α,β-unsaturated/α-hetero) is 1. The molecule has 0 N–H and O–H groups in total. The Kier molecular flexibility index (Phi) is 5.11. The lowest BCUT2D eigenvalue weighted by Crippen LogP contribution is -2.35. The summed E-state index contributed by atoms with van der Waals surface area (Å²) < 4.78 is 14.8. The fourth-order valence-corrected chi connectivity index (χ4v) is 2.92. The molecule has 1 fully saturated rings. The molecule has 0 spiro atoms. The van der Waals surface area contributed by atoms with Crippen LogP contribution in [0.25, 0.3) is 0 Å². The first-order valence-electron chi connectivity index (χ1n) is 6.84. The average Bonchev–Trinajstić information content (AvgIpc) is 2.82. The molecule has 0 saturated heterocycles. The summed E-state index contributed by atoms with van der Waals surface area (Å²) in [4.78, 5) is 24.6. The molecule has 0 bridgehead atoms. The van der Waals surface area contributed by atoms with Crippen molar-refractivity contribution in [3.63, 3.8) is 0 Å². The third kappa shape index (κ3) is 3.79. The Morgan fingerprint density at radius 3 is 3.00 bits per heavy atom. The lowest BCUT2D eigenvalue weighted by molar-refractivity contribution is -0.152. The molecule has 1 aliphatic rings. The van der Waals surface area contributed by atoms with Crippen molar-refractivity contribution < 1.29 is 19.1 Å². The summed E-state index contributed by atoms with van der Waals surface area (Å²) in [7, 11) is 0. The molecule has 110 valence electrons. The Morgan fingerprint density at radius 2 is 2.35 bits per heavy atom. The van der Waals surface area contributed by atoms with Gasteiger partial charge in [-0.05, 0) is 31.8 Å². The Morgan fingerprint density at radius 1 is 1.55 bits per heavy atom. The molecule has 2 rings (SSSR count). The van der Waals surface area contributed by atoms with Crippen molar-refractivity contribution in [2.75, 3.05) is 13.2 Å². The van der Waals surface area contributed by atoms with Crippen LogP contribution < -0.4 is 4.74 Å². The number of aryl methyl sites for hydroxylation is 1. The monoisotopic (exact) mass is 297 g/mol. The quantitative estimate of drug-likeness (QED) is 0.781. The zero-order chi connectivity index (χ0) is 14.5. The molecule has 2 unspecified atom stereocenters. The maximum absolute atomic E-state index is 11.9. The highest BCUT2D eigenvalue weighted by molar-refractivity contribution is 7.05. The van der Waals surface area contributed by atoms with E-state index in [9.17, 15) is 9.59 Å². The highest BCUT2D eigenvalue weighted by atomic mass is 32.1. The van der Waals surface area contributed by atoms with Gasteiger partial charge in [-0.25, -0.2) is 0 Å². The summed E-state index contributed by atoms with van der Waals surface area (Å²) in [5, 5.41) is 0. The first-order chi connectivity index (χ1) is 9.60. The molecule has 5 nitrogen and oxygen atoms in total. The standard InChI is InChI=1S/C14H19NO4S/c1-3-18-14(17)12-5-4-11(16)7-10(12)8-19-13-6-9(2)20-15-13/h6,10,12H,3-5,7-8H2,1-2H3. The highest BCUT2D eigenvalue weighted by Crippen LogP contribution is 2.30. The number of ketones is 1. The Balaban J connectivity index is 1.96. The van der Waals surface area contributed by atoms with Gasteiger partial charge in [0, 0.05) is 29.7 Å². The van der Waals surface area contributed by atoms with Gasteiger partial charge in [-0.15, -0.1) is 0 Å². The van der Waals surface area contributed by atoms with Gasteiger partial charge in [0.1, 0.15) is 5.78 Å². The van der Waals surface area contributed by atoms with Crippen LogP contribution in [0.2, 0.25) is 0 Å².